The predicted molar refractivity (Wildman–Crippen MR) is 198 cm³/mol. The Hall–Kier alpha value is -4.53. The Balaban J connectivity index is 1.21. The van der Waals surface area contributed by atoms with E-state index in [0.717, 1.165) is 52.2 Å². The fourth-order valence-corrected chi connectivity index (χ4v) is 7.48. The summed E-state index contributed by atoms with van der Waals surface area (Å²) in [5.41, 5.74) is 7.54. The van der Waals surface area contributed by atoms with E-state index in [1.807, 2.05) is 61.9 Å². The van der Waals surface area contributed by atoms with Gasteiger partial charge in [0.2, 0.25) is 0 Å². The highest BCUT2D eigenvalue weighted by atomic mass is 35.5. The third-order valence-corrected chi connectivity index (χ3v) is 10.7. The third-order valence-electron chi connectivity index (χ3n) is 10.4. The first kappa shape index (κ1) is 38.2. The van der Waals surface area contributed by atoms with Crippen LogP contribution in [0.15, 0.2) is 42.5 Å². The number of halogens is 2. The van der Waals surface area contributed by atoms with Crippen molar-refractivity contribution in [2.45, 2.75) is 64.4 Å². The number of benzene rings is 3. The van der Waals surface area contributed by atoms with Gasteiger partial charge in [-0.15, -0.1) is 0 Å². The number of rotatable bonds is 13. The zero-order valence-corrected chi connectivity index (χ0v) is 31.2. The van der Waals surface area contributed by atoms with E-state index < -0.39 is 30.5 Å². The number of carbonyl (C=O) groups is 2. The van der Waals surface area contributed by atoms with Crippen molar-refractivity contribution in [3.05, 3.63) is 92.8 Å². The van der Waals surface area contributed by atoms with Crippen LogP contribution in [0.2, 0.25) is 5.02 Å². The van der Waals surface area contributed by atoms with Crippen molar-refractivity contribution < 1.29 is 38.4 Å². The Morgan fingerprint density at radius 3 is 2.57 bits per heavy atom. The van der Waals surface area contributed by atoms with Crippen molar-refractivity contribution in [2.75, 3.05) is 39.3 Å². The first-order valence-electron chi connectivity index (χ1n) is 17.6. The van der Waals surface area contributed by atoms with Crippen LogP contribution < -0.4 is 20.1 Å². The van der Waals surface area contributed by atoms with E-state index in [2.05, 4.69) is 20.3 Å². The lowest BCUT2D eigenvalue weighted by molar-refractivity contribution is -0.144. The number of methoxy groups -OCH3 is 2. The minimum absolute atomic E-state index is 0.0148. The second-order valence-electron chi connectivity index (χ2n) is 13.4. The summed E-state index contributed by atoms with van der Waals surface area (Å²) in [7, 11) is 4.46. The summed E-state index contributed by atoms with van der Waals surface area (Å²) in [5, 5.41) is 24.8. The molecular formula is C39H45ClFN5O7. The summed E-state index contributed by atoms with van der Waals surface area (Å²) < 4.78 is 34.0. The van der Waals surface area contributed by atoms with Gasteiger partial charge in [0.25, 0.3) is 5.91 Å². The highest BCUT2D eigenvalue weighted by Crippen LogP contribution is 2.44. The lowest BCUT2D eigenvalue weighted by atomic mass is 9.93. The molecule has 0 saturated heterocycles. The summed E-state index contributed by atoms with van der Waals surface area (Å²) >= 11 is 6.51. The van der Waals surface area contributed by atoms with Crippen LogP contribution in [0.3, 0.4) is 0 Å². The number of ether oxygens (including phenoxy) is 3. The average molecular weight is 750 g/mol. The monoisotopic (exact) mass is 749 g/mol. The van der Waals surface area contributed by atoms with Crippen molar-refractivity contribution in [1.82, 2.24) is 19.8 Å². The average Bonchev–Trinajstić information content (AvgIpc) is 3.74. The molecular weight excluding hydrogens is 705 g/mol. The molecule has 53 heavy (non-hydrogen) atoms. The smallest absolute Gasteiger partial charge is 0.325 e. The van der Waals surface area contributed by atoms with Gasteiger partial charge in [-0.05, 0) is 60.6 Å². The van der Waals surface area contributed by atoms with Crippen LogP contribution >= 0.6 is 11.6 Å². The van der Waals surface area contributed by atoms with E-state index in [1.54, 1.807) is 0 Å². The number of hydrogen-bond acceptors (Lipinski definition) is 10. The molecule has 0 spiro atoms. The van der Waals surface area contributed by atoms with Crippen LogP contribution in [0.5, 0.6) is 11.5 Å². The van der Waals surface area contributed by atoms with Gasteiger partial charge < -0.3 is 34.3 Å². The number of aliphatic hydroxyl groups excluding tert-OH is 2. The molecule has 1 aromatic heterocycles. The molecule has 0 radical (unpaired) electrons. The second kappa shape index (κ2) is 16.2. The van der Waals surface area contributed by atoms with Gasteiger partial charge in [-0.2, -0.15) is 0 Å². The normalized spacial score (nSPS) is 16.4. The number of nitrogens with one attached hydrogen (secondary N) is 2. The van der Waals surface area contributed by atoms with E-state index in [4.69, 9.17) is 26.1 Å². The largest absolute Gasteiger partial charge is 0.496 e. The Bertz CT molecular complexity index is 2020. The zero-order chi connectivity index (χ0) is 38.0. The third kappa shape index (κ3) is 7.49. The Labute approximate surface area is 312 Å². The van der Waals surface area contributed by atoms with Crippen LogP contribution in [0.25, 0.3) is 11.1 Å². The van der Waals surface area contributed by atoms with Crippen molar-refractivity contribution >= 4 is 29.2 Å². The molecule has 0 saturated carbocycles. The summed E-state index contributed by atoms with van der Waals surface area (Å²) in [6.07, 6.45) is 1.66. The van der Waals surface area contributed by atoms with Gasteiger partial charge >= 0.3 is 5.97 Å². The molecule has 0 unspecified atom stereocenters. The van der Waals surface area contributed by atoms with E-state index in [0.29, 0.717) is 30.9 Å². The number of amides is 1. The lowest BCUT2D eigenvalue weighted by Gasteiger charge is -2.30. The molecule has 1 aliphatic carbocycles. The minimum atomic E-state index is -1.05. The summed E-state index contributed by atoms with van der Waals surface area (Å²) in [6.45, 7) is 4.70. The Morgan fingerprint density at radius 1 is 1.09 bits per heavy atom. The molecule has 3 atom stereocenters. The molecule has 4 N–H and O–H groups in total. The van der Waals surface area contributed by atoms with E-state index in [1.165, 1.54) is 20.3 Å². The molecule has 4 aromatic rings. The van der Waals surface area contributed by atoms with Gasteiger partial charge in [-0.3, -0.25) is 19.8 Å². The number of hydrogen-bond donors (Lipinski definition) is 4. The number of carbonyl (C=O) groups excluding carboxylic acids is 2. The number of nitrogens with zero attached hydrogens (tertiary/aromatic N) is 3. The van der Waals surface area contributed by atoms with Crippen molar-refractivity contribution in [1.29, 1.82) is 0 Å². The van der Waals surface area contributed by atoms with Gasteiger partial charge in [0, 0.05) is 62.2 Å². The molecule has 3 aromatic carbocycles. The van der Waals surface area contributed by atoms with Crippen molar-refractivity contribution in [2.24, 2.45) is 7.05 Å². The maximum atomic E-state index is 15.7. The van der Waals surface area contributed by atoms with Gasteiger partial charge in [0.05, 0.1) is 33.1 Å². The van der Waals surface area contributed by atoms with Crippen LogP contribution in [0.1, 0.15) is 63.7 Å². The fourth-order valence-electron chi connectivity index (χ4n) is 7.27. The SMILES string of the molecule is COC(=O)[C@@H](CO)NCc1c(OC)cc(O[C@@H]2CCc3c(-c4cccc(NC(=O)c5nc6c(n5C)CCN([C@H](C)CO)C6)c4C)cccc32)c(Cl)c1F. The Morgan fingerprint density at radius 2 is 1.85 bits per heavy atom. The first-order valence-corrected chi connectivity index (χ1v) is 17.9. The Kier molecular flexibility index (Phi) is 11.7. The number of aromatic nitrogens is 2. The molecule has 282 valence electrons. The topological polar surface area (TPSA) is 147 Å². The molecule has 14 heteroatoms. The standard InChI is InChI=1S/C39H45ClFN5O7/c1-21(19-47)46-15-14-31-29(18-46)43-37(45(31)3)38(49)44-28-11-7-8-23(22(28)2)24-9-6-10-26-25(24)12-13-32(26)53-34-16-33(51-4)27(36(41)35(34)40)17-42-30(20-48)39(50)52-5/h6-11,16,21,30,32,42,47-48H,12-15,17-20H2,1-5H3,(H,44,49)/t21-,30-,32-/m1/s1. The number of aliphatic hydroxyl groups is 2. The second-order valence-corrected chi connectivity index (χ2v) is 13.8. The van der Waals surface area contributed by atoms with Gasteiger partial charge in [0.1, 0.15) is 28.7 Å². The molecule has 0 fully saturated rings. The number of anilines is 1. The van der Waals surface area contributed by atoms with Crippen molar-refractivity contribution in [3.8, 4) is 22.6 Å². The van der Waals surface area contributed by atoms with Gasteiger partial charge in [-0.25, -0.2) is 9.37 Å². The van der Waals surface area contributed by atoms with Gasteiger partial charge in [-0.1, -0.05) is 41.9 Å². The molecule has 2 aliphatic rings. The number of imidazole rings is 1. The summed E-state index contributed by atoms with van der Waals surface area (Å²) in [6, 6.07) is 12.3. The molecule has 0 bridgehead atoms. The van der Waals surface area contributed by atoms with E-state index >= 15 is 4.39 Å². The van der Waals surface area contributed by atoms with E-state index in [-0.39, 0.29) is 47.2 Å². The fraction of sp³-hybridized carbons (Fsp3) is 0.410. The number of esters is 1. The molecule has 2 heterocycles. The summed E-state index contributed by atoms with van der Waals surface area (Å²) in [5.74, 6) is -1.12. The van der Waals surface area contributed by atoms with E-state index in [9.17, 15) is 19.8 Å². The molecule has 12 nitrogen and oxygen atoms in total. The zero-order valence-electron chi connectivity index (χ0n) is 30.5. The van der Waals surface area contributed by atoms with Crippen LogP contribution in [-0.2, 0) is 42.5 Å². The highest BCUT2D eigenvalue weighted by Gasteiger charge is 2.31. The number of fused-ring (bicyclic) bond motifs is 2. The lowest BCUT2D eigenvalue weighted by Crippen LogP contribution is -2.40. The molecule has 1 aliphatic heterocycles. The van der Waals surface area contributed by atoms with Crippen LogP contribution in [0.4, 0.5) is 10.1 Å². The first-order chi connectivity index (χ1) is 25.5. The predicted octanol–water partition coefficient (Wildman–Crippen LogP) is 4.88. The minimum Gasteiger partial charge on any atom is -0.496 e. The summed E-state index contributed by atoms with van der Waals surface area (Å²) in [4.78, 5) is 32.4. The van der Waals surface area contributed by atoms with Crippen LogP contribution in [-0.4, -0.2) is 82.6 Å². The van der Waals surface area contributed by atoms with Crippen molar-refractivity contribution in [3.63, 3.8) is 0 Å². The maximum Gasteiger partial charge on any atom is 0.325 e. The molecule has 1 amide bonds. The van der Waals surface area contributed by atoms with Gasteiger partial charge in [0.15, 0.2) is 11.6 Å². The van der Waals surface area contributed by atoms with Crippen LogP contribution in [0, 0.1) is 12.7 Å². The quantitative estimate of drug-likeness (QED) is 0.140. The molecule has 6 rings (SSSR count). The maximum absolute atomic E-state index is 15.7. The highest BCUT2D eigenvalue weighted by molar-refractivity contribution is 6.32.